The second-order valence-electron chi connectivity index (χ2n) is 5.87. The quantitative estimate of drug-likeness (QED) is 0.665. The molecule has 0 atom stereocenters. The van der Waals surface area contributed by atoms with Crippen LogP contribution in [-0.2, 0) is 6.42 Å². The Balaban J connectivity index is 0.000000254. The van der Waals surface area contributed by atoms with Gasteiger partial charge in [-0.3, -0.25) is 4.79 Å². The minimum Gasteiger partial charge on any atom is -0.508 e. The highest BCUT2D eigenvalue weighted by atomic mass is 16.3. The second-order valence-corrected chi connectivity index (χ2v) is 5.87. The van der Waals surface area contributed by atoms with E-state index in [1.54, 1.807) is 36.4 Å². The summed E-state index contributed by atoms with van der Waals surface area (Å²) in [5.74, 6) is 0.525. The highest BCUT2D eigenvalue weighted by Crippen LogP contribution is 2.09. The molecule has 3 rings (SSSR count). The van der Waals surface area contributed by atoms with E-state index < -0.39 is 0 Å². The van der Waals surface area contributed by atoms with Gasteiger partial charge in [0.2, 0.25) is 0 Å². The maximum absolute atomic E-state index is 11.7. The summed E-state index contributed by atoms with van der Waals surface area (Å²) in [5.41, 5.74) is 2.92. The topological polar surface area (TPSA) is 69.6 Å². The Kier molecular flexibility index (Phi) is 7.25. The van der Waals surface area contributed by atoms with Gasteiger partial charge in [-0.2, -0.15) is 0 Å². The third-order valence-corrected chi connectivity index (χ3v) is 3.71. The Morgan fingerprint density at radius 3 is 1.88 bits per heavy atom. The average Bonchev–Trinajstić information content (AvgIpc) is 2.67. The molecule has 0 heterocycles. The van der Waals surface area contributed by atoms with E-state index in [9.17, 15) is 4.79 Å². The number of phenols is 2. The lowest BCUT2D eigenvalue weighted by molar-refractivity contribution is 0.0954. The van der Waals surface area contributed by atoms with Crippen molar-refractivity contribution in [3.05, 3.63) is 95.6 Å². The molecule has 1 amide bonds. The van der Waals surface area contributed by atoms with Gasteiger partial charge in [0.15, 0.2) is 0 Å². The van der Waals surface area contributed by atoms with Crippen molar-refractivity contribution in [3.63, 3.8) is 0 Å². The maximum Gasteiger partial charge on any atom is 0.251 e. The number of aryl methyl sites for hydroxylation is 1. The van der Waals surface area contributed by atoms with Gasteiger partial charge in [0, 0.05) is 12.1 Å². The Bertz CT molecular complexity index is 776. The number of carbonyl (C=O) groups is 1. The first-order valence-corrected chi connectivity index (χ1v) is 8.41. The van der Waals surface area contributed by atoms with E-state index in [1.165, 1.54) is 5.56 Å². The molecule has 0 saturated heterocycles. The molecule has 0 fully saturated rings. The summed E-state index contributed by atoms with van der Waals surface area (Å²) < 4.78 is 0. The van der Waals surface area contributed by atoms with E-state index in [0.717, 1.165) is 12.0 Å². The fourth-order valence-electron chi connectivity index (χ4n) is 2.22. The minimum absolute atomic E-state index is 0.0608. The molecule has 0 radical (unpaired) electrons. The van der Waals surface area contributed by atoms with Gasteiger partial charge >= 0.3 is 0 Å². The monoisotopic (exact) mass is 349 g/mol. The van der Waals surface area contributed by atoms with Crippen molar-refractivity contribution in [2.24, 2.45) is 0 Å². The van der Waals surface area contributed by atoms with Crippen molar-refractivity contribution in [2.45, 2.75) is 13.3 Å². The van der Waals surface area contributed by atoms with Crippen LogP contribution >= 0.6 is 0 Å². The summed E-state index contributed by atoms with van der Waals surface area (Å²) in [7, 11) is 0. The number of phenolic OH excluding ortho intramolecular Hbond substituents is 2. The van der Waals surface area contributed by atoms with Crippen molar-refractivity contribution >= 4 is 5.91 Å². The summed E-state index contributed by atoms with van der Waals surface area (Å²) in [4.78, 5) is 11.7. The summed E-state index contributed by atoms with van der Waals surface area (Å²) in [6.45, 7) is 2.57. The number of rotatable bonds is 4. The van der Waals surface area contributed by atoms with Gasteiger partial charge in [-0.1, -0.05) is 48.0 Å². The van der Waals surface area contributed by atoms with E-state index in [4.69, 9.17) is 10.2 Å². The first-order valence-electron chi connectivity index (χ1n) is 8.41. The van der Waals surface area contributed by atoms with Gasteiger partial charge in [-0.15, -0.1) is 0 Å². The molecule has 3 aromatic rings. The summed E-state index contributed by atoms with van der Waals surface area (Å²) in [6.07, 6.45) is 0.749. The molecule has 26 heavy (non-hydrogen) atoms. The lowest BCUT2D eigenvalue weighted by atomic mass is 10.1. The third-order valence-electron chi connectivity index (χ3n) is 3.71. The molecule has 3 aromatic carbocycles. The second kappa shape index (κ2) is 9.89. The van der Waals surface area contributed by atoms with Crippen LogP contribution in [0.1, 0.15) is 21.5 Å². The minimum atomic E-state index is -0.0608. The van der Waals surface area contributed by atoms with Crippen LogP contribution in [0.15, 0.2) is 78.9 Å². The number of nitrogens with one attached hydrogen (secondary N) is 1. The van der Waals surface area contributed by atoms with E-state index in [0.29, 0.717) is 17.9 Å². The van der Waals surface area contributed by atoms with Crippen LogP contribution < -0.4 is 5.32 Å². The Morgan fingerprint density at radius 2 is 1.35 bits per heavy atom. The Labute approximate surface area is 153 Å². The molecule has 0 bridgehead atoms. The van der Waals surface area contributed by atoms with Crippen molar-refractivity contribution in [3.8, 4) is 11.5 Å². The zero-order valence-electron chi connectivity index (χ0n) is 14.7. The average molecular weight is 349 g/mol. The van der Waals surface area contributed by atoms with Crippen molar-refractivity contribution in [1.29, 1.82) is 0 Å². The van der Waals surface area contributed by atoms with Crippen molar-refractivity contribution < 1.29 is 15.0 Å². The molecule has 0 aliphatic rings. The number of amides is 1. The largest absolute Gasteiger partial charge is 0.508 e. The smallest absolute Gasteiger partial charge is 0.251 e. The van der Waals surface area contributed by atoms with Crippen LogP contribution in [0.3, 0.4) is 0 Å². The number of carbonyl (C=O) groups excluding carboxylic acids is 1. The maximum atomic E-state index is 11.7. The van der Waals surface area contributed by atoms with Gasteiger partial charge in [-0.25, -0.2) is 0 Å². The molecular formula is C22H23NO3. The molecule has 0 aliphatic heterocycles. The molecular weight excluding hydrogens is 326 g/mol. The highest BCUT2D eigenvalue weighted by Gasteiger charge is 2.03. The number of aromatic hydroxyl groups is 2. The fraction of sp³-hybridized carbons (Fsp3) is 0.136. The standard InChI is InChI=1S/C15H15NO2.C7H8O/c17-14-8-6-12(7-9-14)10-11-16-15(18)13-4-2-1-3-5-13;1-6-2-4-7(8)5-3-6/h1-9,17H,10-11H2,(H,16,18);2-5,8H,1H3. The summed E-state index contributed by atoms with van der Waals surface area (Å²) >= 11 is 0. The van der Waals surface area contributed by atoms with E-state index in [1.807, 2.05) is 49.4 Å². The Hall–Kier alpha value is -3.27. The molecule has 0 aliphatic carbocycles. The van der Waals surface area contributed by atoms with Gasteiger partial charge in [0.1, 0.15) is 11.5 Å². The van der Waals surface area contributed by atoms with Gasteiger partial charge in [-0.05, 0) is 55.3 Å². The molecule has 0 aromatic heterocycles. The van der Waals surface area contributed by atoms with Gasteiger partial charge in [0.25, 0.3) is 5.91 Å². The lowest BCUT2D eigenvalue weighted by Gasteiger charge is -2.05. The molecule has 0 spiro atoms. The predicted octanol–water partition coefficient (Wildman–Crippen LogP) is 4.07. The molecule has 4 nitrogen and oxygen atoms in total. The van der Waals surface area contributed by atoms with Gasteiger partial charge < -0.3 is 15.5 Å². The molecule has 4 heteroatoms. The van der Waals surface area contributed by atoms with Crippen LogP contribution in [0, 0.1) is 6.92 Å². The zero-order chi connectivity index (χ0) is 18.8. The first kappa shape index (κ1) is 19.1. The normalized spacial score (nSPS) is 9.73. The predicted molar refractivity (Wildman–Crippen MR) is 103 cm³/mol. The summed E-state index contributed by atoms with van der Waals surface area (Å²) in [5, 5.41) is 20.8. The SMILES string of the molecule is Cc1ccc(O)cc1.O=C(NCCc1ccc(O)cc1)c1ccccc1. The molecule has 3 N–H and O–H groups in total. The van der Waals surface area contributed by atoms with Crippen LogP contribution in [0.2, 0.25) is 0 Å². The molecule has 0 saturated carbocycles. The van der Waals surface area contributed by atoms with Crippen LogP contribution in [-0.4, -0.2) is 22.7 Å². The van der Waals surface area contributed by atoms with Crippen molar-refractivity contribution in [2.75, 3.05) is 6.54 Å². The van der Waals surface area contributed by atoms with Crippen LogP contribution in [0.4, 0.5) is 0 Å². The van der Waals surface area contributed by atoms with E-state index in [2.05, 4.69) is 5.32 Å². The van der Waals surface area contributed by atoms with E-state index >= 15 is 0 Å². The third kappa shape index (κ3) is 6.69. The van der Waals surface area contributed by atoms with E-state index in [-0.39, 0.29) is 11.7 Å². The summed E-state index contributed by atoms with van der Waals surface area (Å²) in [6, 6.07) is 23.2. The van der Waals surface area contributed by atoms with Crippen LogP contribution in [0.5, 0.6) is 11.5 Å². The number of benzene rings is 3. The highest BCUT2D eigenvalue weighted by molar-refractivity contribution is 5.94. The first-order chi connectivity index (χ1) is 12.5. The number of hydrogen-bond acceptors (Lipinski definition) is 3. The zero-order valence-corrected chi connectivity index (χ0v) is 14.7. The lowest BCUT2D eigenvalue weighted by Crippen LogP contribution is -2.25. The number of hydrogen-bond donors (Lipinski definition) is 3. The van der Waals surface area contributed by atoms with Crippen LogP contribution in [0.25, 0.3) is 0 Å². The molecule has 134 valence electrons. The Morgan fingerprint density at radius 1 is 0.808 bits per heavy atom. The van der Waals surface area contributed by atoms with Crippen molar-refractivity contribution in [1.82, 2.24) is 5.32 Å². The van der Waals surface area contributed by atoms with Gasteiger partial charge in [0.05, 0.1) is 0 Å². The molecule has 0 unspecified atom stereocenters. The fourth-order valence-corrected chi connectivity index (χ4v) is 2.22.